The van der Waals surface area contributed by atoms with E-state index in [9.17, 15) is 8.78 Å². The van der Waals surface area contributed by atoms with Crippen molar-refractivity contribution in [2.24, 2.45) is 5.73 Å². The Bertz CT molecular complexity index is 349. The van der Waals surface area contributed by atoms with Crippen LogP contribution in [0.1, 0.15) is 0 Å². The number of hydrogen-bond donors (Lipinski definition) is 2. The van der Waals surface area contributed by atoms with Crippen molar-refractivity contribution in [1.29, 1.82) is 0 Å². The molecule has 0 aliphatic carbocycles. The number of benzene rings is 1. The molecule has 1 atom stereocenters. The van der Waals surface area contributed by atoms with E-state index in [4.69, 9.17) is 27.2 Å². The van der Waals surface area contributed by atoms with Crippen molar-refractivity contribution in [2.75, 3.05) is 13.2 Å². The van der Waals surface area contributed by atoms with E-state index in [-0.39, 0.29) is 18.2 Å². The largest absolute Gasteiger partial charge is 0.485 e. The van der Waals surface area contributed by atoms with Gasteiger partial charge >= 0.3 is 0 Å². The molecule has 0 saturated carbocycles. The first-order chi connectivity index (χ1) is 7.06. The maximum Gasteiger partial charge on any atom is 0.192 e. The van der Waals surface area contributed by atoms with Gasteiger partial charge < -0.3 is 15.6 Å². The van der Waals surface area contributed by atoms with Gasteiger partial charge in [0.1, 0.15) is 12.7 Å². The summed E-state index contributed by atoms with van der Waals surface area (Å²) in [6.07, 6.45) is -0.970. The van der Waals surface area contributed by atoms with Gasteiger partial charge in [-0.2, -0.15) is 0 Å². The molecule has 1 aromatic carbocycles. The number of aliphatic hydroxyl groups is 1. The van der Waals surface area contributed by atoms with Crippen LogP contribution in [0.4, 0.5) is 8.78 Å². The molecule has 0 bridgehead atoms. The fourth-order valence-corrected chi connectivity index (χ4v) is 1.04. The lowest BCUT2D eigenvalue weighted by atomic mass is 10.3. The maximum absolute atomic E-state index is 13.2. The molecule has 0 spiro atoms. The topological polar surface area (TPSA) is 55.5 Å². The lowest BCUT2D eigenvalue weighted by Gasteiger charge is -2.11. The van der Waals surface area contributed by atoms with Gasteiger partial charge in [-0.05, 0) is 12.1 Å². The van der Waals surface area contributed by atoms with Gasteiger partial charge in [0.05, 0.1) is 5.02 Å². The summed E-state index contributed by atoms with van der Waals surface area (Å²) in [6.45, 7) is -0.339. The zero-order valence-corrected chi connectivity index (χ0v) is 8.47. The molecule has 3 N–H and O–H groups in total. The highest BCUT2D eigenvalue weighted by atomic mass is 35.5. The summed E-state index contributed by atoms with van der Waals surface area (Å²) in [5, 5.41) is 8.80. The Morgan fingerprint density at radius 1 is 1.47 bits per heavy atom. The van der Waals surface area contributed by atoms with Crippen molar-refractivity contribution in [3.05, 3.63) is 28.8 Å². The van der Waals surface area contributed by atoms with Crippen LogP contribution in [-0.2, 0) is 0 Å². The van der Waals surface area contributed by atoms with Crippen LogP contribution < -0.4 is 10.5 Å². The summed E-state index contributed by atoms with van der Waals surface area (Å²) in [4.78, 5) is 0. The van der Waals surface area contributed by atoms with Gasteiger partial charge in [0, 0.05) is 6.54 Å². The van der Waals surface area contributed by atoms with Gasteiger partial charge in [0.25, 0.3) is 0 Å². The summed E-state index contributed by atoms with van der Waals surface area (Å²) < 4.78 is 31.0. The van der Waals surface area contributed by atoms with Gasteiger partial charge in [0.15, 0.2) is 17.4 Å². The van der Waals surface area contributed by atoms with Gasteiger partial charge in [-0.25, -0.2) is 8.78 Å². The van der Waals surface area contributed by atoms with Crippen LogP contribution >= 0.6 is 11.6 Å². The van der Waals surface area contributed by atoms with Crippen LogP contribution in [0.2, 0.25) is 5.02 Å². The second kappa shape index (κ2) is 5.25. The molecule has 6 heteroatoms. The molecule has 0 fully saturated rings. The van der Waals surface area contributed by atoms with E-state index in [0.29, 0.717) is 0 Å². The number of ether oxygens (including phenoxy) is 1. The molecular weight excluding hydrogens is 228 g/mol. The summed E-state index contributed by atoms with van der Waals surface area (Å²) >= 11 is 5.43. The minimum atomic E-state index is -0.985. The Hall–Kier alpha value is -0.910. The fourth-order valence-electron chi connectivity index (χ4n) is 0.888. The predicted molar refractivity (Wildman–Crippen MR) is 51.9 cm³/mol. The second-order valence-corrected chi connectivity index (χ2v) is 3.28. The third-order valence-corrected chi connectivity index (χ3v) is 1.99. The molecule has 15 heavy (non-hydrogen) atoms. The molecule has 0 heterocycles. The minimum Gasteiger partial charge on any atom is -0.485 e. The summed E-state index contributed by atoms with van der Waals surface area (Å²) in [5.74, 6) is -2.46. The first-order valence-electron chi connectivity index (χ1n) is 4.20. The van der Waals surface area contributed by atoms with E-state index >= 15 is 0 Å². The fraction of sp³-hybridized carbons (Fsp3) is 0.333. The number of aliphatic hydroxyl groups excluding tert-OH is 1. The van der Waals surface area contributed by atoms with Crippen molar-refractivity contribution < 1.29 is 18.6 Å². The van der Waals surface area contributed by atoms with Gasteiger partial charge in [-0.15, -0.1) is 0 Å². The van der Waals surface area contributed by atoms with Crippen LogP contribution in [0.25, 0.3) is 0 Å². The summed E-state index contributed by atoms with van der Waals surface area (Å²) in [7, 11) is 0. The molecule has 0 aliphatic rings. The summed E-state index contributed by atoms with van der Waals surface area (Å²) in [5.41, 5.74) is 5.10. The smallest absolute Gasteiger partial charge is 0.192 e. The van der Waals surface area contributed by atoms with E-state index in [0.717, 1.165) is 12.1 Å². The first-order valence-corrected chi connectivity index (χ1v) is 4.58. The first kappa shape index (κ1) is 12.2. The lowest BCUT2D eigenvalue weighted by Crippen LogP contribution is -2.27. The molecule has 0 aromatic heterocycles. The average Bonchev–Trinajstić information content (AvgIpc) is 2.23. The van der Waals surface area contributed by atoms with E-state index < -0.39 is 23.5 Å². The molecule has 0 unspecified atom stereocenters. The second-order valence-electron chi connectivity index (χ2n) is 2.87. The van der Waals surface area contributed by atoms with E-state index in [1.54, 1.807) is 0 Å². The van der Waals surface area contributed by atoms with Gasteiger partial charge in [-0.3, -0.25) is 0 Å². The normalized spacial score (nSPS) is 12.6. The van der Waals surface area contributed by atoms with E-state index in [1.165, 1.54) is 0 Å². The Morgan fingerprint density at radius 3 is 2.73 bits per heavy atom. The molecule has 84 valence electrons. The zero-order chi connectivity index (χ0) is 11.4. The van der Waals surface area contributed by atoms with Crippen molar-refractivity contribution >= 4 is 11.6 Å². The molecule has 0 amide bonds. The van der Waals surface area contributed by atoms with Crippen LogP contribution in [-0.4, -0.2) is 24.4 Å². The van der Waals surface area contributed by atoms with Gasteiger partial charge in [0.2, 0.25) is 0 Å². The third kappa shape index (κ3) is 3.02. The number of nitrogens with two attached hydrogens (primary N) is 1. The van der Waals surface area contributed by atoms with E-state index in [1.807, 2.05) is 0 Å². The SMILES string of the molecule is NC[C@@H](O)COc1c(F)ccc(Cl)c1F. The lowest BCUT2D eigenvalue weighted by molar-refractivity contribution is 0.109. The highest BCUT2D eigenvalue weighted by Gasteiger charge is 2.15. The van der Waals surface area contributed by atoms with Crippen molar-refractivity contribution in [3.8, 4) is 5.75 Å². The summed E-state index contributed by atoms with van der Waals surface area (Å²) in [6, 6.07) is 2.06. The van der Waals surface area contributed by atoms with Crippen molar-refractivity contribution in [2.45, 2.75) is 6.10 Å². The number of hydrogen-bond acceptors (Lipinski definition) is 3. The number of halogens is 3. The van der Waals surface area contributed by atoms with Crippen LogP contribution in [0.5, 0.6) is 5.75 Å². The highest BCUT2D eigenvalue weighted by molar-refractivity contribution is 6.30. The Balaban J connectivity index is 2.80. The Kier molecular flexibility index (Phi) is 4.26. The molecule has 0 saturated heterocycles. The molecule has 1 rings (SSSR count). The molecular formula is C9H10ClF2NO2. The van der Waals surface area contributed by atoms with Crippen molar-refractivity contribution in [1.82, 2.24) is 0 Å². The monoisotopic (exact) mass is 237 g/mol. The maximum atomic E-state index is 13.2. The average molecular weight is 238 g/mol. The van der Waals surface area contributed by atoms with E-state index in [2.05, 4.69) is 0 Å². The minimum absolute atomic E-state index is 0.0518. The molecule has 0 radical (unpaired) electrons. The molecule has 3 nitrogen and oxygen atoms in total. The zero-order valence-electron chi connectivity index (χ0n) is 7.71. The third-order valence-electron chi connectivity index (χ3n) is 1.69. The Morgan fingerprint density at radius 2 is 2.13 bits per heavy atom. The molecule has 1 aromatic rings. The predicted octanol–water partition coefficient (Wildman–Crippen LogP) is 1.32. The van der Waals surface area contributed by atoms with Gasteiger partial charge in [-0.1, -0.05) is 11.6 Å². The quantitative estimate of drug-likeness (QED) is 0.777. The molecule has 0 aliphatic heterocycles. The Labute approximate surface area is 90.4 Å². The number of rotatable bonds is 4. The van der Waals surface area contributed by atoms with Crippen LogP contribution in [0, 0.1) is 11.6 Å². The van der Waals surface area contributed by atoms with Crippen LogP contribution in [0.3, 0.4) is 0 Å². The van der Waals surface area contributed by atoms with Crippen LogP contribution in [0.15, 0.2) is 12.1 Å². The van der Waals surface area contributed by atoms with Crippen molar-refractivity contribution in [3.63, 3.8) is 0 Å². The standard InChI is InChI=1S/C9H10ClF2NO2/c10-6-1-2-7(11)9(8(6)12)15-4-5(14)3-13/h1-2,5,14H,3-4,13H2/t5-/m1/s1. The highest BCUT2D eigenvalue weighted by Crippen LogP contribution is 2.27.